The molecule has 12 nitrogen and oxygen atoms in total. The SMILES string of the molecule is CC(C)C(=O)OCc1ccc(NC(=O)[C@H](CCCNC(N)=O)NC(=O)[C@@H](NC(=O)CCCCCN)C(C)C)cc1. The van der Waals surface area contributed by atoms with Crippen LogP contribution in [0.4, 0.5) is 10.5 Å². The molecule has 0 saturated carbocycles. The molecular weight excluding hydrogens is 516 g/mol. The first-order valence-corrected chi connectivity index (χ1v) is 13.8. The van der Waals surface area contributed by atoms with Gasteiger partial charge in [-0.2, -0.15) is 0 Å². The summed E-state index contributed by atoms with van der Waals surface area (Å²) in [5, 5.41) is 10.8. The van der Waals surface area contributed by atoms with E-state index in [9.17, 15) is 24.0 Å². The molecule has 224 valence electrons. The molecule has 0 aliphatic heterocycles. The molecule has 0 aromatic heterocycles. The van der Waals surface area contributed by atoms with Gasteiger partial charge in [0.2, 0.25) is 17.7 Å². The number of urea groups is 1. The molecule has 0 heterocycles. The number of hydrogen-bond donors (Lipinski definition) is 6. The van der Waals surface area contributed by atoms with Crippen LogP contribution in [0.15, 0.2) is 24.3 Å². The highest BCUT2D eigenvalue weighted by Gasteiger charge is 2.28. The summed E-state index contributed by atoms with van der Waals surface area (Å²) in [5.74, 6) is -1.92. The fourth-order valence-corrected chi connectivity index (χ4v) is 3.67. The van der Waals surface area contributed by atoms with Gasteiger partial charge in [-0.1, -0.05) is 46.2 Å². The van der Waals surface area contributed by atoms with E-state index in [1.54, 1.807) is 38.1 Å². The quantitative estimate of drug-likeness (QED) is 0.116. The van der Waals surface area contributed by atoms with Gasteiger partial charge in [0.05, 0.1) is 5.92 Å². The summed E-state index contributed by atoms with van der Waals surface area (Å²) in [6.07, 6.45) is 3.21. The van der Waals surface area contributed by atoms with Gasteiger partial charge in [-0.15, -0.1) is 0 Å². The van der Waals surface area contributed by atoms with Crippen molar-refractivity contribution < 1.29 is 28.7 Å². The Bertz CT molecular complexity index is 967. The number of amides is 5. The van der Waals surface area contributed by atoms with Crippen molar-refractivity contribution >= 4 is 35.4 Å². The fraction of sp³-hybridized carbons (Fsp3) is 0.607. The van der Waals surface area contributed by atoms with Crippen LogP contribution in [0, 0.1) is 11.8 Å². The number of anilines is 1. The molecule has 1 rings (SSSR count). The number of carbonyl (C=O) groups is 5. The Hall–Kier alpha value is -3.67. The van der Waals surface area contributed by atoms with Crippen LogP contribution < -0.4 is 32.7 Å². The number of benzene rings is 1. The molecule has 2 atom stereocenters. The molecule has 12 heteroatoms. The first kappa shape index (κ1) is 34.4. The van der Waals surface area contributed by atoms with Gasteiger partial charge in [0.15, 0.2) is 0 Å². The molecule has 40 heavy (non-hydrogen) atoms. The third-order valence-corrected chi connectivity index (χ3v) is 6.05. The zero-order valence-corrected chi connectivity index (χ0v) is 24.1. The lowest BCUT2D eigenvalue weighted by molar-refractivity contribution is -0.148. The van der Waals surface area contributed by atoms with E-state index in [0.29, 0.717) is 25.1 Å². The average Bonchev–Trinajstić information content (AvgIpc) is 2.90. The van der Waals surface area contributed by atoms with E-state index in [1.807, 2.05) is 13.8 Å². The second kappa shape index (κ2) is 18.6. The standard InChI is InChI=1S/C28H46N6O6/c1-18(2)24(34-23(35)10-6-5-7-15-29)26(37)33-22(9-8-16-31-28(30)39)25(36)32-21-13-11-20(12-14-21)17-40-27(38)19(3)4/h11-14,18-19,22,24H,5-10,15-17,29H2,1-4H3,(H,32,36)(H,33,37)(H,34,35)(H3,30,31,39)/t22-,24-/m0/s1. The third kappa shape index (κ3) is 13.9. The summed E-state index contributed by atoms with van der Waals surface area (Å²) in [5.41, 5.74) is 11.9. The van der Waals surface area contributed by atoms with Crippen molar-refractivity contribution in [2.75, 3.05) is 18.4 Å². The minimum atomic E-state index is -0.934. The molecule has 0 bridgehead atoms. The number of nitrogens with one attached hydrogen (secondary N) is 4. The topological polar surface area (TPSA) is 195 Å². The molecule has 0 saturated heterocycles. The maximum absolute atomic E-state index is 13.2. The molecule has 1 aromatic carbocycles. The molecule has 5 amide bonds. The Morgan fingerprint density at radius 3 is 2.12 bits per heavy atom. The Morgan fingerprint density at radius 1 is 0.875 bits per heavy atom. The van der Waals surface area contributed by atoms with Crippen LogP contribution in [-0.4, -0.2) is 54.9 Å². The Labute approximate surface area is 236 Å². The van der Waals surface area contributed by atoms with E-state index in [1.165, 1.54) is 0 Å². The average molecular weight is 563 g/mol. The number of primary amides is 1. The van der Waals surface area contributed by atoms with E-state index in [4.69, 9.17) is 16.2 Å². The molecule has 0 unspecified atom stereocenters. The van der Waals surface area contributed by atoms with Crippen molar-refractivity contribution in [1.82, 2.24) is 16.0 Å². The number of hydrogen-bond acceptors (Lipinski definition) is 7. The summed E-state index contributed by atoms with van der Waals surface area (Å²) >= 11 is 0. The normalized spacial score (nSPS) is 12.4. The lowest BCUT2D eigenvalue weighted by atomic mass is 10.0. The summed E-state index contributed by atoms with van der Waals surface area (Å²) in [6.45, 7) is 8.03. The van der Waals surface area contributed by atoms with Crippen LogP contribution in [0.1, 0.15) is 71.8 Å². The van der Waals surface area contributed by atoms with Gasteiger partial charge in [-0.3, -0.25) is 19.2 Å². The predicted molar refractivity (Wildman–Crippen MR) is 153 cm³/mol. The molecular formula is C28H46N6O6. The summed E-state index contributed by atoms with van der Waals surface area (Å²) in [6, 6.07) is 4.36. The number of carbonyl (C=O) groups excluding carboxylic acids is 5. The van der Waals surface area contributed by atoms with E-state index >= 15 is 0 Å². The smallest absolute Gasteiger partial charge is 0.312 e. The van der Waals surface area contributed by atoms with E-state index in [-0.39, 0.29) is 49.7 Å². The van der Waals surface area contributed by atoms with Gasteiger partial charge in [-0.05, 0) is 55.8 Å². The highest BCUT2D eigenvalue weighted by molar-refractivity contribution is 5.98. The maximum Gasteiger partial charge on any atom is 0.312 e. The third-order valence-electron chi connectivity index (χ3n) is 6.05. The number of esters is 1. The van der Waals surface area contributed by atoms with Crippen molar-refractivity contribution in [3.8, 4) is 0 Å². The number of rotatable bonds is 18. The van der Waals surface area contributed by atoms with Gasteiger partial charge >= 0.3 is 12.0 Å². The molecule has 1 aromatic rings. The van der Waals surface area contributed by atoms with E-state index in [0.717, 1.165) is 18.4 Å². The molecule has 0 aliphatic rings. The van der Waals surface area contributed by atoms with Crippen LogP contribution >= 0.6 is 0 Å². The molecule has 0 radical (unpaired) electrons. The van der Waals surface area contributed by atoms with Crippen molar-refractivity contribution in [1.29, 1.82) is 0 Å². The zero-order chi connectivity index (χ0) is 30.1. The van der Waals surface area contributed by atoms with Crippen molar-refractivity contribution in [3.05, 3.63) is 29.8 Å². The van der Waals surface area contributed by atoms with Gasteiger partial charge in [0.1, 0.15) is 18.7 Å². The molecule has 0 spiro atoms. The second-order valence-corrected chi connectivity index (χ2v) is 10.3. The van der Waals surface area contributed by atoms with Crippen molar-refractivity contribution in [2.45, 2.75) is 84.9 Å². The van der Waals surface area contributed by atoms with Crippen LogP contribution in [0.2, 0.25) is 0 Å². The van der Waals surface area contributed by atoms with Crippen LogP contribution in [0.5, 0.6) is 0 Å². The number of ether oxygens (including phenoxy) is 1. The Morgan fingerprint density at radius 2 is 1.55 bits per heavy atom. The molecule has 0 fully saturated rings. The maximum atomic E-state index is 13.2. The van der Waals surface area contributed by atoms with Crippen molar-refractivity contribution in [2.24, 2.45) is 23.3 Å². The lowest BCUT2D eigenvalue weighted by Gasteiger charge is -2.25. The Balaban J connectivity index is 2.86. The van der Waals surface area contributed by atoms with Gasteiger partial charge in [0, 0.05) is 18.7 Å². The number of unbranched alkanes of at least 4 members (excludes halogenated alkanes) is 2. The molecule has 0 aliphatic carbocycles. The van der Waals surface area contributed by atoms with Crippen LogP contribution in [0.3, 0.4) is 0 Å². The first-order valence-electron chi connectivity index (χ1n) is 13.8. The summed E-state index contributed by atoms with van der Waals surface area (Å²) < 4.78 is 5.22. The zero-order valence-electron chi connectivity index (χ0n) is 24.1. The Kier molecular flexibility index (Phi) is 16.0. The summed E-state index contributed by atoms with van der Waals surface area (Å²) in [7, 11) is 0. The van der Waals surface area contributed by atoms with E-state index in [2.05, 4.69) is 21.3 Å². The number of nitrogens with two attached hydrogens (primary N) is 2. The van der Waals surface area contributed by atoms with Gasteiger partial charge < -0.3 is 37.5 Å². The lowest BCUT2D eigenvalue weighted by Crippen LogP contribution is -2.54. The summed E-state index contributed by atoms with van der Waals surface area (Å²) in [4.78, 5) is 61.5. The van der Waals surface area contributed by atoms with Crippen LogP contribution in [0.25, 0.3) is 0 Å². The van der Waals surface area contributed by atoms with Gasteiger partial charge in [-0.25, -0.2) is 4.79 Å². The monoisotopic (exact) mass is 562 g/mol. The first-order chi connectivity index (χ1) is 18.9. The van der Waals surface area contributed by atoms with E-state index < -0.39 is 29.9 Å². The highest BCUT2D eigenvalue weighted by atomic mass is 16.5. The van der Waals surface area contributed by atoms with Crippen molar-refractivity contribution in [3.63, 3.8) is 0 Å². The molecule has 8 N–H and O–H groups in total. The largest absolute Gasteiger partial charge is 0.461 e. The predicted octanol–water partition coefficient (Wildman–Crippen LogP) is 1.92. The second-order valence-electron chi connectivity index (χ2n) is 10.3. The highest BCUT2D eigenvalue weighted by Crippen LogP contribution is 2.13. The fourth-order valence-electron chi connectivity index (χ4n) is 3.67. The minimum Gasteiger partial charge on any atom is -0.461 e. The van der Waals surface area contributed by atoms with Gasteiger partial charge in [0.25, 0.3) is 0 Å². The van der Waals surface area contributed by atoms with Crippen LogP contribution in [-0.2, 0) is 30.5 Å². The minimum absolute atomic E-state index is 0.117.